The van der Waals surface area contributed by atoms with Crippen LogP contribution >= 0.6 is 0 Å². The van der Waals surface area contributed by atoms with Crippen LogP contribution in [0.25, 0.3) is 22.0 Å². The molecule has 5 rings (SSSR count). The van der Waals surface area contributed by atoms with Crippen molar-refractivity contribution in [3.8, 4) is 16.9 Å². The maximum atomic E-state index is 13.3. The molecule has 2 aromatic carbocycles. The number of rotatable bonds is 9. The van der Waals surface area contributed by atoms with Crippen LogP contribution in [0.1, 0.15) is 68.3 Å². The van der Waals surface area contributed by atoms with Crippen molar-refractivity contribution in [1.82, 2.24) is 9.88 Å². The minimum Gasteiger partial charge on any atom is -0.496 e. The molecule has 0 aliphatic heterocycles. The smallest absolute Gasteiger partial charge is 0.169 e. The molecule has 36 heavy (non-hydrogen) atoms. The molecule has 2 saturated carbocycles. The Hall–Kier alpha value is -2.92. The van der Waals surface area contributed by atoms with E-state index in [4.69, 9.17) is 9.72 Å². The summed E-state index contributed by atoms with van der Waals surface area (Å²) in [6.07, 6.45) is 8.43. The van der Waals surface area contributed by atoms with Crippen molar-refractivity contribution in [1.29, 1.82) is 0 Å². The lowest BCUT2D eigenvalue weighted by atomic mass is 9.89. The van der Waals surface area contributed by atoms with Crippen LogP contribution in [-0.2, 0) is 0 Å². The molecule has 1 aromatic heterocycles. The Morgan fingerprint density at radius 2 is 1.69 bits per heavy atom. The fraction of sp³-hybridized carbons (Fsp3) is 0.484. The van der Waals surface area contributed by atoms with Gasteiger partial charge in [-0.05, 0) is 93.4 Å². The number of ether oxygens (including phenoxy) is 1. The Kier molecular flexibility index (Phi) is 7.29. The molecule has 1 N–H and O–H groups in total. The van der Waals surface area contributed by atoms with Gasteiger partial charge in [-0.1, -0.05) is 32.0 Å². The van der Waals surface area contributed by atoms with Gasteiger partial charge in [0, 0.05) is 29.6 Å². The highest BCUT2D eigenvalue weighted by molar-refractivity contribution is 6.10. The first-order chi connectivity index (χ1) is 17.5. The number of anilines is 1. The fourth-order valence-electron chi connectivity index (χ4n) is 5.81. The SMILES string of the molecule is CCN(CC)C1CCC(Nc2c(C(=O)C3CC3)cnc3ccc(-c4ccc(C)c(OC)c4)cc23)CC1. The van der Waals surface area contributed by atoms with Crippen molar-refractivity contribution in [3.63, 3.8) is 0 Å². The van der Waals surface area contributed by atoms with Crippen LogP contribution in [-0.4, -0.2) is 48.0 Å². The third-order valence-electron chi connectivity index (χ3n) is 8.20. The Balaban J connectivity index is 1.50. The highest BCUT2D eigenvalue weighted by Crippen LogP contribution is 2.39. The average Bonchev–Trinajstić information content (AvgIpc) is 3.76. The zero-order chi connectivity index (χ0) is 25.2. The minimum absolute atomic E-state index is 0.160. The van der Waals surface area contributed by atoms with E-state index in [9.17, 15) is 4.79 Å². The Morgan fingerprint density at radius 1 is 1.00 bits per heavy atom. The van der Waals surface area contributed by atoms with Gasteiger partial charge in [0.25, 0.3) is 0 Å². The number of nitrogens with zero attached hydrogens (tertiary/aromatic N) is 2. The molecule has 2 aliphatic carbocycles. The minimum atomic E-state index is 0.160. The lowest BCUT2D eigenvalue weighted by Gasteiger charge is -2.36. The summed E-state index contributed by atoms with van der Waals surface area (Å²) in [5, 5.41) is 4.89. The second-order valence-corrected chi connectivity index (χ2v) is 10.5. The quantitative estimate of drug-likeness (QED) is 0.335. The number of fused-ring (bicyclic) bond motifs is 1. The summed E-state index contributed by atoms with van der Waals surface area (Å²) in [6.45, 7) is 8.79. The number of methoxy groups -OCH3 is 1. The predicted molar refractivity (Wildman–Crippen MR) is 148 cm³/mol. The van der Waals surface area contributed by atoms with Gasteiger partial charge in [-0.3, -0.25) is 9.78 Å². The highest BCUT2D eigenvalue weighted by Gasteiger charge is 2.33. The van der Waals surface area contributed by atoms with Crippen molar-refractivity contribution in [2.24, 2.45) is 5.92 Å². The molecule has 3 aromatic rings. The van der Waals surface area contributed by atoms with Crippen molar-refractivity contribution < 1.29 is 9.53 Å². The summed E-state index contributed by atoms with van der Waals surface area (Å²) in [5.41, 5.74) is 5.97. The molecule has 0 spiro atoms. The summed E-state index contributed by atoms with van der Waals surface area (Å²) in [6, 6.07) is 13.7. The van der Waals surface area contributed by atoms with Crippen LogP contribution in [0.15, 0.2) is 42.6 Å². The van der Waals surface area contributed by atoms with E-state index in [2.05, 4.69) is 67.4 Å². The van der Waals surface area contributed by atoms with E-state index in [0.717, 1.165) is 83.4 Å². The van der Waals surface area contributed by atoms with Gasteiger partial charge in [-0.25, -0.2) is 0 Å². The Labute approximate surface area is 215 Å². The summed E-state index contributed by atoms with van der Waals surface area (Å²) >= 11 is 0. The lowest BCUT2D eigenvalue weighted by molar-refractivity contribution is 0.0968. The molecule has 2 fully saturated rings. The molecule has 0 saturated heterocycles. The second-order valence-electron chi connectivity index (χ2n) is 10.5. The molecule has 0 unspecified atom stereocenters. The number of aryl methyl sites for hydroxylation is 1. The van der Waals surface area contributed by atoms with E-state index < -0.39 is 0 Å². The van der Waals surface area contributed by atoms with Gasteiger partial charge < -0.3 is 15.0 Å². The maximum absolute atomic E-state index is 13.3. The topological polar surface area (TPSA) is 54.5 Å². The molecule has 1 heterocycles. The normalized spacial score (nSPS) is 20.0. The summed E-state index contributed by atoms with van der Waals surface area (Å²) < 4.78 is 5.57. The van der Waals surface area contributed by atoms with E-state index in [1.54, 1.807) is 13.3 Å². The summed E-state index contributed by atoms with van der Waals surface area (Å²) in [4.78, 5) is 20.6. The number of hydrogen-bond acceptors (Lipinski definition) is 5. The first-order valence-electron chi connectivity index (χ1n) is 13.6. The van der Waals surface area contributed by atoms with Gasteiger partial charge in [0.2, 0.25) is 0 Å². The van der Waals surface area contributed by atoms with Gasteiger partial charge in [0.05, 0.1) is 23.9 Å². The van der Waals surface area contributed by atoms with E-state index in [1.807, 2.05) is 0 Å². The van der Waals surface area contributed by atoms with Gasteiger partial charge in [-0.15, -0.1) is 0 Å². The fourth-order valence-corrected chi connectivity index (χ4v) is 5.81. The molecule has 0 amide bonds. The van der Waals surface area contributed by atoms with Crippen LogP contribution in [0.3, 0.4) is 0 Å². The molecule has 5 nitrogen and oxygen atoms in total. The van der Waals surface area contributed by atoms with Crippen LogP contribution in [0.4, 0.5) is 5.69 Å². The van der Waals surface area contributed by atoms with Crippen LogP contribution < -0.4 is 10.1 Å². The van der Waals surface area contributed by atoms with E-state index >= 15 is 0 Å². The van der Waals surface area contributed by atoms with Crippen molar-refractivity contribution in [2.75, 3.05) is 25.5 Å². The molecule has 0 atom stereocenters. The highest BCUT2D eigenvalue weighted by atomic mass is 16.5. The zero-order valence-corrected chi connectivity index (χ0v) is 22.1. The van der Waals surface area contributed by atoms with E-state index in [-0.39, 0.29) is 11.7 Å². The number of aromatic nitrogens is 1. The van der Waals surface area contributed by atoms with Crippen molar-refractivity contribution >= 4 is 22.4 Å². The zero-order valence-electron chi connectivity index (χ0n) is 22.1. The number of nitrogens with one attached hydrogen (secondary N) is 1. The van der Waals surface area contributed by atoms with Crippen LogP contribution in [0, 0.1) is 12.8 Å². The largest absolute Gasteiger partial charge is 0.496 e. The lowest BCUT2D eigenvalue weighted by Crippen LogP contribution is -2.40. The summed E-state index contributed by atoms with van der Waals surface area (Å²) in [7, 11) is 1.71. The third kappa shape index (κ3) is 4.99. The summed E-state index contributed by atoms with van der Waals surface area (Å²) in [5.74, 6) is 1.28. The van der Waals surface area contributed by atoms with Gasteiger partial charge in [-0.2, -0.15) is 0 Å². The monoisotopic (exact) mass is 485 g/mol. The molecule has 0 radical (unpaired) electrons. The molecule has 190 valence electrons. The number of carbonyl (C=O) groups is 1. The first kappa shape index (κ1) is 24.8. The van der Waals surface area contributed by atoms with E-state index in [0.29, 0.717) is 12.1 Å². The standard InChI is InChI=1S/C31H39N3O2/c1-5-34(6-2)25-14-12-24(13-15-25)33-30-26-17-22(23-8-7-20(3)29(18-23)36-4)11-16-28(26)32-19-27(30)31(35)21-9-10-21/h7-8,11,16-19,21,24-25H,5-6,9-10,12-15H2,1-4H3,(H,32,33). The predicted octanol–water partition coefficient (Wildman–Crippen LogP) is 6.88. The number of carbonyl (C=O) groups excluding carboxylic acids is 1. The number of benzene rings is 2. The number of pyridine rings is 1. The van der Waals surface area contributed by atoms with Crippen molar-refractivity contribution in [3.05, 3.63) is 53.7 Å². The number of ketones is 1. The van der Waals surface area contributed by atoms with Crippen LogP contribution in [0.5, 0.6) is 5.75 Å². The van der Waals surface area contributed by atoms with Crippen LogP contribution in [0.2, 0.25) is 0 Å². The van der Waals surface area contributed by atoms with Gasteiger partial charge >= 0.3 is 0 Å². The number of Topliss-reactive ketones (excluding diaryl/α,β-unsaturated/α-hetero) is 1. The number of hydrogen-bond donors (Lipinski definition) is 1. The molecule has 2 aliphatic rings. The molecule has 0 bridgehead atoms. The third-order valence-corrected chi connectivity index (χ3v) is 8.20. The van der Waals surface area contributed by atoms with E-state index in [1.165, 1.54) is 12.8 Å². The Morgan fingerprint density at radius 3 is 2.36 bits per heavy atom. The average molecular weight is 486 g/mol. The van der Waals surface area contributed by atoms with Gasteiger partial charge in [0.1, 0.15) is 5.75 Å². The Bertz CT molecular complexity index is 1240. The first-order valence-corrected chi connectivity index (χ1v) is 13.6. The molecular formula is C31H39N3O2. The molecular weight excluding hydrogens is 446 g/mol. The van der Waals surface area contributed by atoms with Gasteiger partial charge in [0.15, 0.2) is 5.78 Å². The van der Waals surface area contributed by atoms with Crippen molar-refractivity contribution in [2.45, 2.75) is 71.4 Å². The second kappa shape index (κ2) is 10.6. The maximum Gasteiger partial charge on any atom is 0.169 e. The molecule has 5 heteroatoms.